The zero-order valence-corrected chi connectivity index (χ0v) is 14.9. The number of carbonyl (C=O) groups is 1. The average Bonchev–Trinajstić information content (AvgIpc) is 3.11. The van der Waals surface area contributed by atoms with Crippen LogP contribution in [0.3, 0.4) is 0 Å². The van der Waals surface area contributed by atoms with E-state index in [9.17, 15) is 4.79 Å². The summed E-state index contributed by atoms with van der Waals surface area (Å²) in [5.74, 6) is 1.05. The number of aryl methyl sites for hydroxylation is 1. The number of hydrogen-bond donors (Lipinski definition) is 0. The summed E-state index contributed by atoms with van der Waals surface area (Å²) in [5, 5.41) is 12.8. The van der Waals surface area contributed by atoms with Gasteiger partial charge in [-0.1, -0.05) is 37.3 Å². The van der Waals surface area contributed by atoms with Crippen LogP contribution in [-0.2, 0) is 17.6 Å². The Morgan fingerprint density at radius 3 is 2.58 bits per heavy atom. The van der Waals surface area contributed by atoms with Crippen molar-refractivity contribution in [3.05, 3.63) is 54.0 Å². The van der Waals surface area contributed by atoms with Crippen LogP contribution in [0.4, 0.5) is 5.69 Å². The van der Waals surface area contributed by atoms with E-state index >= 15 is 0 Å². The Morgan fingerprint density at radius 2 is 1.85 bits per heavy atom. The first-order valence-electron chi connectivity index (χ1n) is 9.01. The van der Waals surface area contributed by atoms with Crippen molar-refractivity contribution in [2.75, 3.05) is 31.1 Å². The Hall–Kier alpha value is -2.96. The lowest BCUT2D eigenvalue weighted by molar-refractivity contribution is -0.130. The lowest BCUT2D eigenvalue weighted by Crippen LogP contribution is -2.49. The monoisotopic (exact) mass is 350 g/mol. The van der Waals surface area contributed by atoms with E-state index in [4.69, 9.17) is 0 Å². The van der Waals surface area contributed by atoms with Crippen molar-refractivity contribution in [2.24, 2.45) is 0 Å². The van der Waals surface area contributed by atoms with Gasteiger partial charge in [0.1, 0.15) is 0 Å². The number of rotatable bonds is 4. The SMILES string of the molecule is CCc1nnc2cc(N3CCN(C(=O)Cc4ccccc4)CC3)cnn12. The molecule has 1 aliphatic rings. The fourth-order valence-corrected chi connectivity index (χ4v) is 3.32. The topological polar surface area (TPSA) is 66.6 Å². The standard InChI is InChI=1S/C19H22N6O/c1-2-17-21-22-18-13-16(14-20-25(17)18)23-8-10-24(11-9-23)19(26)12-15-6-4-3-5-7-15/h3-7,13-14H,2,8-12H2,1H3. The normalized spacial score (nSPS) is 14.8. The molecule has 0 bridgehead atoms. The molecule has 1 fully saturated rings. The molecule has 0 saturated carbocycles. The second-order valence-corrected chi connectivity index (χ2v) is 6.48. The molecule has 7 heteroatoms. The van der Waals surface area contributed by atoms with Crippen LogP contribution in [0.15, 0.2) is 42.6 Å². The van der Waals surface area contributed by atoms with E-state index in [2.05, 4.69) is 20.2 Å². The summed E-state index contributed by atoms with van der Waals surface area (Å²) in [5.41, 5.74) is 2.86. The third-order valence-corrected chi connectivity index (χ3v) is 4.82. The molecular formula is C19H22N6O. The largest absolute Gasteiger partial charge is 0.367 e. The molecule has 1 amide bonds. The van der Waals surface area contributed by atoms with Crippen molar-refractivity contribution < 1.29 is 4.79 Å². The number of anilines is 1. The lowest BCUT2D eigenvalue weighted by Gasteiger charge is -2.36. The van der Waals surface area contributed by atoms with Crippen LogP contribution < -0.4 is 4.90 Å². The molecule has 0 spiro atoms. The summed E-state index contributed by atoms with van der Waals surface area (Å²) in [6, 6.07) is 11.9. The zero-order valence-electron chi connectivity index (χ0n) is 14.9. The highest BCUT2D eigenvalue weighted by molar-refractivity contribution is 5.79. The van der Waals surface area contributed by atoms with Gasteiger partial charge < -0.3 is 9.80 Å². The van der Waals surface area contributed by atoms with Crippen molar-refractivity contribution >= 4 is 17.2 Å². The molecule has 0 unspecified atom stereocenters. The second-order valence-electron chi connectivity index (χ2n) is 6.48. The maximum absolute atomic E-state index is 12.5. The van der Waals surface area contributed by atoms with Gasteiger partial charge in [0.05, 0.1) is 18.3 Å². The van der Waals surface area contributed by atoms with Gasteiger partial charge in [-0.3, -0.25) is 4.79 Å². The van der Waals surface area contributed by atoms with Gasteiger partial charge in [-0.2, -0.15) is 9.61 Å². The molecule has 0 radical (unpaired) electrons. The van der Waals surface area contributed by atoms with E-state index in [1.165, 1.54) is 0 Å². The molecule has 3 aromatic rings. The Kier molecular flexibility index (Phi) is 4.51. The number of nitrogens with zero attached hydrogens (tertiary/aromatic N) is 6. The lowest BCUT2D eigenvalue weighted by atomic mass is 10.1. The highest BCUT2D eigenvalue weighted by Gasteiger charge is 2.22. The predicted octanol–water partition coefficient (Wildman–Crippen LogP) is 1.58. The van der Waals surface area contributed by atoms with E-state index in [1.807, 2.05) is 54.4 Å². The van der Waals surface area contributed by atoms with Gasteiger partial charge in [-0.25, -0.2) is 0 Å². The molecule has 0 atom stereocenters. The molecule has 7 nitrogen and oxygen atoms in total. The first-order valence-corrected chi connectivity index (χ1v) is 9.01. The molecular weight excluding hydrogens is 328 g/mol. The van der Waals surface area contributed by atoms with Crippen LogP contribution in [0.2, 0.25) is 0 Å². The molecule has 1 saturated heterocycles. The predicted molar refractivity (Wildman–Crippen MR) is 99.1 cm³/mol. The molecule has 134 valence electrons. The number of aromatic nitrogens is 4. The molecule has 4 rings (SSSR count). The molecule has 3 heterocycles. The summed E-state index contributed by atoms with van der Waals surface area (Å²) in [7, 11) is 0. The molecule has 1 aromatic carbocycles. The van der Waals surface area contributed by atoms with Crippen LogP contribution in [0.25, 0.3) is 5.65 Å². The minimum atomic E-state index is 0.189. The van der Waals surface area contributed by atoms with E-state index in [0.717, 1.165) is 55.3 Å². The van der Waals surface area contributed by atoms with E-state index in [-0.39, 0.29) is 5.91 Å². The van der Waals surface area contributed by atoms with Gasteiger partial charge in [0.2, 0.25) is 5.91 Å². The Bertz CT molecular complexity index is 899. The maximum atomic E-state index is 12.5. The third-order valence-electron chi connectivity index (χ3n) is 4.82. The quantitative estimate of drug-likeness (QED) is 0.715. The summed E-state index contributed by atoms with van der Waals surface area (Å²) in [4.78, 5) is 16.7. The fraction of sp³-hybridized carbons (Fsp3) is 0.368. The van der Waals surface area contributed by atoms with Gasteiger partial charge in [-0.15, -0.1) is 10.2 Å². The summed E-state index contributed by atoms with van der Waals surface area (Å²) >= 11 is 0. The van der Waals surface area contributed by atoms with Gasteiger partial charge >= 0.3 is 0 Å². The van der Waals surface area contributed by atoms with Crippen molar-refractivity contribution in [1.82, 2.24) is 24.7 Å². The number of carbonyl (C=O) groups excluding carboxylic acids is 1. The first kappa shape index (κ1) is 16.5. The molecule has 1 aliphatic heterocycles. The van der Waals surface area contributed by atoms with E-state index < -0.39 is 0 Å². The Balaban J connectivity index is 1.39. The fourth-order valence-electron chi connectivity index (χ4n) is 3.32. The molecule has 2 aromatic heterocycles. The van der Waals surface area contributed by atoms with Crippen LogP contribution in [0, 0.1) is 0 Å². The third kappa shape index (κ3) is 3.24. The first-order chi connectivity index (χ1) is 12.7. The second kappa shape index (κ2) is 7.11. The summed E-state index contributed by atoms with van der Waals surface area (Å²) in [6.45, 7) is 5.09. The van der Waals surface area contributed by atoms with Gasteiger partial charge in [0.25, 0.3) is 0 Å². The Morgan fingerprint density at radius 1 is 1.08 bits per heavy atom. The highest BCUT2D eigenvalue weighted by Crippen LogP contribution is 2.18. The average molecular weight is 350 g/mol. The van der Waals surface area contributed by atoms with E-state index in [0.29, 0.717) is 6.42 Å². The van der Waals surface area contributed by atoms with Crippen LogP contribution in [0.1, 0.15) is 18.3 Å². The van der Waals surface area contributed by atoms with Gasteiger partial charge in [0, 0.05) is 38.7 Å². The number of piperazine rings is 1. The summed E-state index contributed by atoms with van der Waals surface area (Å²) < 4.78 is 1.78. The van der Waals surface area contributed by atoms with Crippen LogP contribution in [0.5, 0.6) is 0 Å². The number of hydrogen-bond acceptors (Lipinski definition) is 5. The van der Waals surface area contributed by atoms with Crippen molar-refractivity contribution in [3.8, 4) is 0 Å². The van der Waals surface area contributed by atoms with Gasteiger partial charge in [-0.05, 0) is 5.56 Å². The minimum Gasteiger partial charge on any atom is -0.367 e. The summed E-state index contributed by atoms with van der Waals surface area (Å²) in [6.07, 6.45) is 3.13. The number of fused-ring (bicyclic) bond motifs is 1. The minimum absolute atomic E-state index is 0.189. The molecule has 26 heavy (non-hydrogen) atoms. The van der Waals surface area contributed by atoms with Crippen molar-refractivity contribution in [1.29, 1.82) is 0 Å². The highest BCUT2D eigenvalue weighted by atomic mass is 16.2. The Labute approximate surface area is 152 Å². The molecule has 0 aliphatic carbocycles. The molecule has 0 N–H and O–H groups in total. The van der Waals surface area contributed by atoms with Crippen LogP contribution in [-0.4, -0.2) is 56.8 Å². The van der Waals surface area contributed by atoms with Crippen LogP contribution >= 0.6 is 0 Å². The maximum Gasteiger partial charge on any atom is 0.227 e. The smallest absolute Gasteiger partial charge is 0.227 e. The zero-order chi connectivity index (χ0) is 17.9. The van der Waals surface area contributed by atoms with Crippen molar-refractivity contribution in [2.45, 2.75) is 19.8 Å². The number of benzene rings is 1. The van der Waals surface area contributed by atoms with Gasteiger partial charge in [0.15, 0.2) is 11.5 Å². The van der Waals surface area contributed by atoms with E-state index in [1.54, 1.807) is 4.52 Å². The number of amides is 1. The van der Waals surface area contributed by atoms with Crippen molar-refractivity contribution in [3.63, 3.8) is 0 Å².